The highest BCUT2D eigenvalue weighted by Gasteiger charge is 2.27. The molecule has 0 amide bonds. The van der Waals surface area contributed by atoms with Crippen LogP contribution in [0, 0.1) is 6.92 Å². The number of imidazole rings is 1. The number of fused-ring (bicyclic) bond motifs is 1. The Kier molecular flexibility index (Phi) is 1.96. The number of nitrogen functional groups attached to an aromatic ring is 1. The molecule has 0 saturated heterocycles. The lowest BCUT2D eigenvalue weighted by molar-refractivity contribution is -0.522. The van der Waals surface area contributed by atoms with E-state index < -0.39 is 0 Å². The van der Waals surface area contributed by atoms with Gasteiger partial charge < -0.3 is 5.73 Å². The normalized spacial score (nSPS) is 12.3. The van der Waals surface area contributed by atoms with Gasteiger partial charge in [-0.15, -0.1) is 0 Å². The lowest BCUT2D eigenvalue weighted by Crippen LogP contribution is -2.30. The van der Waals surface area contributed by atoms with Gasteiger partial charge in [0.25, 0.3) is 0 Å². The molecule has 0 spiro atoms. The van der Waals surface area contributed by atoms with Crippen LogP contribution in [-0.4, -0.2) is 9.97 Å². The number of aromatic amines is 1. The van der Waals surface area contributed by atoms with E-state index in [1.54, 1.807) is 0 Å². The number of rotatable bonds is 0. The summed E-state index contributed by atoms with van der Waals surface area (Å²) in [5.74, 6) is 1.51. The highest BCUT2D eigenvalue weighted by molar-refractivity contribution is 5.57. The van der Waals surface area contributed by atoms with Crippen molar-refractivity contribution in [1.82, 2.24) is 9.97 Å². The van der Waals surface area contributed by atoms with E-state index in [-0.39, 0.29) is 5.41 Å². The molecule has 0 aliphatic rings. The zero-order valence-electron chi connectivity index (χ0n) is 9.63. The number of aromatic nitrogens is 3. The van der Waals surface area contributed by atoms with E-state index in [1.807, 2.05) is 23.7 Å². The average Bonchev–Trinajstić information content (AvgIpc) is 2.49. The van der Waals surface area contributed by atoms with Gasteiger partial charge in [0.2, 0.25) is 17.3 Å². The van der Waals surface area contributed by atoms with Gasteiger partial charge in [-0.3, -0.25) is 4.98 Å². The second-order valence-electron chi connectivity index (χ2n) is 4.85. The summed E-state index contributed by atoms with van der Waals surface area (Å²) in [4.78, 5) is 7.58. The van der Waals surface area contributed by atoms with E-state index in [2.05, 4.69) is 30.7 Å². The summed E-state index contributed by atoms with van der Waals surface area (Å²) in [6.45, 7) is 8.35. The monoisotopic (exact) mass is 205 g/mol. The van der Waals surface area contributed by atoms with E-state index in [0.717, 1.165) is 17.0 Å². The molecule has 0 radical (unpaired) electrons. The molecule has 0 fully saturated rings. The smallest absolute Gasteiger partial charge is 0.242 e. The maximum atomic E-state index is 5.99. The van der Waals surface area contributed by atoms with E-state index in [9.17, 15) is 0 Å². The van der Waals surface area contributed by atoms with Crippen molar-refractivity contribution in [1.29, 1.82) is 0 Å². The molecule has 2 rings (SSSR count). The number of nitrogens with zero attached hydrogens (tertiary/aromatic N) is 2. The lowest BCUT2D eigenvalue weighted by atomic mass is 9.88. The SMILES string of the molecule is Cc1nc(N)c(C(C)(C)C)c2[nH]cc[n+]12. The fraction of sp³-hybridized carbons (Fsp3) is 0.455. The number of hydrogen-bond acceptors (Lipinski definition) is 2. The van der Waals surface area contributed by atoms with Crippen LogP contribution in [0.1, 0.15) is 32.2 Å². The molecule has 2 aromatic rings. The van der Waals surface area contributed by atoms with Crippen LogP contribution in [0.25, 0.3) is 5.65 Å². The summed E-state index contributed by atoms with van der Waals surface area (Å²) in [6.07, 6.45) is 3.87. The Morgan fingerprint density at radius 2 is 2.07 bits per heavy atom. The quantitative estimate of drug-likeness (QED) is 0.637. The van der Waals surface area contributed by atoms with Crippen molar-refractivity contribution in [3.63, 3.8) is 0 Å². The van der Waals surface area contributed by atoms with Crippen molar-refractivity contribution in [2.45, 2.75) is 33.1 Å². The summed E-state index contributed by atoms with van der Waals surface area (Å²) >= 11 is 0. The van der Waals surface area contributed by atoms with E-state index in [1.165, 1.54) is 0 Å². The van der Waals surface area contributed by atoms with Gasteiger partial charge in [-0.05, 0) is 5.41 Å². The molecule has 0 unspecified atom stereocenters. The van der Waals surface area contributed by atoms with E-state index in [0.29, 0.717) is 5.82 Å². The predicted octanol–water partition coefficient (Wildman–Crippen LogP) is 1.34. The van der Waals surface area contributed by atoms with Crippen LogP contribution in [0.2, 0.25) is 0 Å². The Labute approximate surface area is 89.2 Å². The summed E-state index contributed by atoms with van der Waals surface area (Å²) in [7, 11) is 0. The van der Waals surface area contributed by atoms with Gasteiger partial charge in [0, 0.05) is 6.92 Å². The number of nitrogens with two attached hydrogens (primary N) is 1. The zero-order chi connectivity index (χ0) is 11.2. The van der Waals surface area contributed by atoms with Crippen LogP contribution < -0.4 is 10.1 Å². The van der Waals surface area contributed by atoms with Gasteiger partial charge in [0.1, 0.15) is 6.20 Å². The Hall–Kier alpha value is -1.58. The van der Waals surface area contributed by atoms with Gasteiger partial charge in [-0.25, -0.2) is 4.40 Å². The third kappa shape index (κ3) is 1.46. The van der Waals surface area contributed by atoms with Gasteiger partial charge in [-0.2, -0.15) is 0 Å². The summed E-state index contributed by atoms with van der Waals surface area (Å²) in [5.41, 5.74) is 8.08. The maximum Gasteiger partial charge on any atom is 0.242 e. The summed E-state index contributed by atoms with van der Waals surface area (Å²) in [5, 5.41) is 0. The number of hydrogen-bond donors (Lipinski definition) is 2. The molecule has 2 aromatic heterocycles. The topological polar surface area (TPSA) is 58.8 Å². The van der Waals surface area contributed by atoms with Crippen molar-refractivity contribution in [2.24, 2.45) is 0 Å². The van der Waals surface area contributed by atoms with Crippen molar-refractivity contribution >= 4 is 11.5 Å². The minimum Gasteiger partial charge on any atom is -0.370 e. The molecule has 0 bridgehead atoms. The van der Waals surface area contributed by atoms with Crippen LogP contribution in [0.5, 0.6) is 0 Å². The standard InChI is InChI=1S/C11H16N4/c1-7-14-9(12)8(11(2,3)4)10-13-5-6-15(7)10/h5-6H,1-4H3,(H2,12,13)/p+1. The minimum atomic E-state index is -0.0130. The first-order chi connectivity index (χ1) is 6.91. The maximum absolute atomic E-state index is 5.99. The molecule has 4 heteroatoms. The van der Waals surface area contributed by atoms with Crippen molar-refractivity contribution in [2.75, 3.05) is 5.73 Å². The highest BCUT2D eigenvalue weighted by atomic mass is 15.1. The molecule has 80 valence electrons. The molecule has 0 aliphatic heterocycles. The number of nitrogens with one attached hydrogen (secondary N) is 1. The minimum absolute atomic E-state index is 0.0130. The first-order valence-corrected chi connectivity index (χ1v) is 5.06. The van der Waals surface area contributed by atoms with Crippen LogP contribution in [0.15, 0.2) is 12.4 Å². The molecule has 3 N–H and O–H groups in total. The van der Waals surface area contributed by atoms with Gasteiger partial charge in [0.15, 0.2) is 0 Å². The van der Waals surface area contributed by atoms with Crippen LogP contribution in [-0.2, 0) is 5.41 Å². The summed E-state index contributed by atoms with van der Waals surface area (Å²) in [6, 6.07) is 0. The second kappa shape index (κ2) is 2.95. The third-order valence-electron chi connectivity index (χ3n) is 2.56. The van der Waals surface area contributed by atoms with Crippen molar-refractivity contribution in [3.8, 4) is 0 Å². The molecular weight excluding hydrogens is 188 g/mol. The fourth-order valence-electron chi connectivity index (χ4n) is 1.94. The zero-order valence-corrected chi connectivity index (χ0v) is 9.63. The van der Waals surface area contributed by atoms with E-state index in [4.69, 9.17) is 5.73 Å². The van der Waals surface area contributed by atoms with Gasteiger partial charge >= 0.3 is 0 Å². The number of aryl methyl sites for hydroxylation is 1. The first-order valence-electron chi connectivity index (χ1n) is 5.06. The van der Waals surface area contributed by atoms with Gasteiger partial charge in [-0.1, -0.05) is 25.8 Å². The largest absolute Gasteiger partial charge is 0.370 e. The molecular formula is C11H17N4+. The van der Waals surface area contributed by atoms with Crippen LogP contribution in [0.4, 0.5) is 5.82 Å². The van der Waals surface area contributed by atoms with Crippen LogP contribution in [0.3, 0.4) is 0 Å². The molecule has 2 heterocycles. The molecule has 0 atom stereocenters. The Bertz CT molecular complexity index is 505. The predicted molar refractivity (Wildman–Crippen MR) is 59.6 cm³/mol. The third-order valence-corrected chi connectivity index (χ3v) is 2.56. The second-order valence-corrected chi connectivity index (χ2v) is 4.85. The molecule has 0 saturated carbocycles. The Morgan fingerprint density at radius 3 is 2.67 bits per heavy atom. The molecule has 15 heavy (non-hydrogen) atoms. The number of H-pyrrole nitrogens is 1. The Balaban J connectivity index is 2.89. The van der Waals surface area contributed by atoms with Crippen molar-refractivity contribution < 1.29 is 4.40 Å². The molecule has 0 aliphatic carbocycles. The fourth-order valence-corrected chi connectivity index (χ4v) is 1.94. The Morgan fingerprint density at radius 1 is 1.40 bits per heavy atom. The number of anilines is 1. The molecule has 4 nitrogen and oxygen atoms in total. The van der Waals surface area contributed by atoms with Gasteiger partial charge in [0.05, 0.1) is 11.8 Å². The first kappa shape index (κ1) is 9.96. The van der Waals surface area contributed by atoms with Crippen molar-refractivity contribution in [3.05, 3.63) is 23.8 Å². The molecule has 0 aromatic carbocycles. The average molecular weight is 205 g/mol. The highest BCUT2D eigenvalue weighted by Crippen LogP contribution is 2.28. The van der Waals surface area contributed by atoms with E-state index >= 15 is 0 Å². The van der Waals surface area contributed by atoms with Crippen LogP contribution >= 0.6 is 0 Å². The summed E-state index contributed by atoms with van der Waals surface area (Å²) < 4.78 is 2.02. The lowest BCUT2D eigenvalue weighted by Gasteiger charge is -2.18.